The lowest BCUT2D eigenvalue weighted by molar-refractivity contribution is -0.917. The zero-order valence-electron chi connectivity index (χ0n) is 13.6. The Hall–Kier alpha value is -1.44. The molecule has 1 atom stereocenters. The van der Waals surface area contributed by atoms with Crippen LogP contribution in [0.4, 0.5) is 5.69 Å². The first-order valence-corrected chi connectivity index (χ1v) is 8.27. The third kappa shape index (κ3) is 5.40. The van der Waals surface area contributed by atoms with Gasteiger partial charge in [0.1, 0.15) is 6.54 Å². The zero-order chi connectivity index (χ0) is 16.8. The van der Waals surface area contributed by atoms with Crippen LogP contribution in [0.3, 0.4) is 0 Å². The normalized spacial score (nSPS) is 14.0. The molecule has 0 aliphatic rings. The van der Waals surface area contributed by atoms with E-state index in [0.717, 1.165) is 12.2 Å². The minimum Gasteiger partial charge on any atom is -0.269 e. The van der Waals surface area contributed by atoms with Crippen molar-refractivity contribution in [2.45, 2.75) is 6.92 Å². The molecule has 0 radical (unpaired) electrons. The molecule has 2 N–H and O–H groups in total. The van der Waals surface area contributed by atoms with Crippen LogP contribution in [0.25, 0.3) is 0 Å². The second-order valence-corrected chi connectivity index (χ2v) is 6.45. The Morgan fingerprint density at radius 3 is 2.14 bits per heavy atom. The van der Waals surface area contributed by atoms with Gasteiger partial charge in [0.25, 0.3) is 5.91 Å². The Bertz CT molecular complexity index is 522. The van der Waals surface area contributed by atoms with Crippen molar-refractivity contribution >= 4 is 33.4 Å². The van der Waals surface area contributed by atoms with Crippen LogP contribution in [0.1, 0.15) is 6.92 Å². The SMILES string of the molecule is CC[N@+](C)(NC(=O)C[N+](C)(C)NC(=O)CBr)c1ccccc1. The van der Waals surface area contributed by atoms with Gasteiger partial charge >= 0.3 is 5.91 Å². The fourth-order valence-corrected chi connectivity index (χ4v) is 2.29. The van der Waals surface area contributed by atoms with Crippen LogP contribution < -0.4 is 15.4 Å². The first-order valence-electron chi connectivity index (χ1n) is 7.15. The predicted octanol–water partition coefficient (Wildman–Crippen LogP) is 1.18. The van der Waals surface area contributed by atoms with Crippen LogP contribution in [0, 0.1) is 0 Å². The topological polar surface area (TPSA) is 58.2 Å². The first kappa shape index (κ1) is 18.6. The molecule has 0 fully saturated rings. The Morgan fingerprint density at radius 1 is 1.05 bits per heavy atom. The van der Waals surface area contributed by atoms with E-state index in [0.29, 0.717) is 4.59 Å². The Kier molecular flexibility index (Phi) is 6.52. The van der Waals surface area contributed by atoms with Gasteiger partial charge in [-0.1, -0.05) is 34.1 Å². The average Bonchev–Trinajstić information content (AvgIpc) is 2.46. The summed E-state index contributed by atoms with van der Waals surface area (Å²) in [5.74, 6) is -0.290. The maximum atomic E-state index is 12.4. The molecule has 22 heavy (non-hydrogen) atoms. The largest absolute Gasteiger partial charge is 0.322 e. The summed E-state index contributed by atoms with van der Waals surface area (Å²) in [6, 6.07) is 9.81. The molecular formula is C15H25BrN4O2+2. The lowest BCUT2D eigenvalue weighted by Crippen LogP contribution is -2.64. The Labute approximate surface area is 140 Å². The third-order valence-corrected chi connectivity index (χ3v) is 3.93. The molecule has 0 aliphatic heterocycles. The van der Waals surface area contributed by atoms with E-state index in [9.17, 15) is 9.59 Å². The highest BCUT2D eigenvalue weighted by Gasteiger charge is 2.30. The number of rotatable bonds is 7. The van der Waals surface area contributed by atoms with Crippen LogP contribution in [-0.4, -0.2) is 56.0 Å². The maximum absolute atomic E-state index is 12.4. The van der Waals surface area contributed by atoms with Crippen molar-refractivity contribution in [1.29, 1.82) is 0 Å². The Morgan fingerprint density at radius 2 is 1.64 bits per heavy atom. The first-order chi connectivity index (χ1) is 10.2. The highest BCUT2D eigenvalue weighted by molar-refractivity contribution is 9.09. The second-order valence-electron chi connectivity index (χ2n) is 5.89. The lowest BCUT2D eigenvalue weighted by Gasteiger charge is -2.34. The smallest absolute Gasteiger partial charge is 0.269 e. The molecule has 0 spiro atoms. The molecule has 0 heterocycles. The number of para-hydroxylation sites is 1. The summed E-state index contributed by atoms with van der Waals surface area (Å²) in [7, 11) is 5.50. The standard InChI is InChI=1S/C15H23BrN4O2/c1-5-20(4,13-9-7-6-8-10-13)18-15(22)12-19(2,3)17-14(21)11-16/h6-10H,5,11-12H2,1-4H3/p+2/t20-/m0/s1. The van der Waals surface area contributed by atoms with Gasteiger partial charge in [-0.15, -0.1) is 0 Å². The number of quaternary nitrogens is 2. The van der Waals surface area contributed by atoms with Gasteiger partial charge < -0.3 is 0 Å². The van der Waals surface area contributed by atoms with Gasteiger partial charge in [0, 0.05) is 12.1 Å². The number of alkyl halides is 1. The van der Waals surface area contributed by atoms with Crippen molar-refractivity contribution in [3.05, 3.63) is 30.3 Å². The molecule has 0 bridgehead atoms. The highest BCUT2D eigenvalue weighted by Crippen LogP contribution is 2.17. The van der Waals surface area contributed by atoms with E-state index in [1.165, 1.54) is 0 Å². The van der Waals surface area contributed by atoms with Crippen molar-refractivity contribution in [2.75, 3.05) is 39.6 Å². The summed E-state index contributed by atoms with van der Waals surface area (Å²) >= 11 is 3.10. The van der Waals surface area contributed by atoms with Crippen LogP contribution in [-0.2, 0) is 9.59 Å². The number of hydrogen-bond acceptors (Lipinski definition) is 2. The van der Waals surface area contributed by atoms with Gasteiger partial charge in [0.15, 0.2) is 12.2 Å². The minimum atomic E-state index is -0.159. The van der Waals surface area contributed by atoms with E-state index in [1.54, 1.807) is 14.1 Å². The number of hydrogen-bond donors (Lipinski definition) is 2. The van der Waals surface area contributed by atoms with Crippen molar-refractivity contribution in [2.24, 2.45) is 0 Å². The van der Waals surface area contributed by atoms with E-state index in [2.05, 4.69) is 26.8 Å². The highest BCUT2D eigenvalue weighted by atomic mass is 79.9. The van der Waals surface area contributed by atoms with Gasteiger partial charge in [-0.05, 0) is 6.92 Å². The quantitative estimate of drug-likeness (QED) is 0.428. The average molecular weight is 373 g/mol. The third-order valence-electron chi connectivity index (χ3n) is 3.42. The molecule has 0 aromatic heterocycles. The van der Waals surface area contributed by atoms with Crippen molar-refractivity contribution in [1.82, 2.24) is 15.4 Å². The molecule has 1 aromatic rings. The van der Waals surface area contributed by atoms with E-state index < -0.39 is 0 Å². The van der Waals surface area contributed by atoms with Crippen molar-refractivity contribution in [3.8, 4) is 0 Å². The molecular weight excluding hydrogens is 348 g/mol. The number of benzene rings is 1. The van der Waals surface area contributed by atoms with E-state index in [-0.39, 0.29) is 28.3 Å². The van der Waals surface area contributed by atoms with E-state index >= 15 is 0 Å². The van der Waals surface area contributed by atoms with E-state index in [1.807, 2.05) is 44.3 Å². The summed E-state index contributed by atoms with van der Waals surface area (Å²) < 4.78 is 0.404. The molecule has 1 aromatic carbocycles. The van der Waals surface area contributed by atoms with Gasteiger partial charge in [-0.25, -0.2) is 10.0 Å². The number of nitrogens with zero attached hydrogens (tertiary/aromatic N) is 2. The van der Waals surface area contributed by atoms with Crippen LogP contribution in [0.2, 0.25) is 0 Å². The van der Waals surface area contributed by atoms with Gasteiger partial charge in [0.2, 0.25) is 0 Å². The van der Waals surface area contributed by atoms with Crippen LogP contribution in [0.15, 0.2) is 30.3 Å². The number of carbonyl (C=O) groups is 2. The van der Waals surface area contributed by atoms with Gasteiger partial charge in [0.05, 0.1) is 26.5 Å². The minimum absolute atomic E-state index is 0.0920. The number of nitrogens with one attached hydrogen (secondary N) is 2. The summed E-state index contributed by atoms with van der Waals surface area (Å²) in [4.78, 5) is 23.8. The number of carbonyl (C=O) groups excluding carboxylic acids is 2. The summed E-state index contributed by atoms with van der Waals surface area (Å²) in [6.45, 7) is 2.89. The molecule has 2 amide bonds. The summed E-state index contributed by atoms with van der Waals surface area (Å²) in [5, 5.41) is 0.211. The van der Waals surface area contributed by atoms with Gasteiger partial charge in [-0.3, -0.25) is 9.59 Å². The molecule has 7 heteroatoms. The van der Waals surface area contributed by atoms with Crippen molar-refractivity contribution < 1.29 is 14.2 Å². The molecule has 0 saturated heterocycles. The molecule has 0 aliphatic carbocycles. The fraction of sp³-hybridized carbons (Fsp3) is 0.467. The summed E-state index contributed by atoms with van der Waals surface area (Å²) in [5.41, 5.74) is 6.80. The number of halogens is 1. The molecule has 1 rings (SSSR count). The van der Waals surface area contributed by atoms with Crippen LogP contribution in [0.5, 0.6) is 0 Å². The molecule has 0 unspecified atom stereocenters. The number of amides is 2. The lowest BCUT2D eigenvalue weighted by atomic mass is 10.3. The predicted molar refractivity (Wildman–Crippen MR) is 91.8 cm³/mol. The van der Waals surface area contributed by atoms with Gasteiger partial charge in [-0.2, -0.15) is 10.0 Å². The van der Waals surface area contributed by atoms with Crippen molar-refractivity contribution in [3.63, 3.8) is 0 Å². The molecule has 122 valence electrons. The molecule has 0 saturated carbocycles. The maximum Gasteiger partial charge on any atom is 0.322 e. The van der Waals surface area contributed by atoms with Crippen LogP contribution >= 0.6 is 15.9 Å². The monoisotopic (exact) mass is 372 g/mol. The zero-order valence-corrected chi connectivity index (χ0v) is 15.2. The summed E-state index contributed by atoms with van der Waals surface area (Å²) in [6.07, 6.45) is 0. The second kappa shape index (κ2) is 7.71. The van der Waals surface area contributed by atoms with E-state index in [4.69, 9.17) is 0 Å². The Balaban J connectivity index is 2.76. The fourth-order valence-electron chi connectivity index (χ4n) is 2.16. The molecule has 6 nitrogen and oxygen atoms in total. The number of likely N-dealkylation sites (N-methyl/N-ethyl adjacent to an activating group) is 1.